The maximum absolute atomic E-state index is 13.1. The number of amides is 2. The smallest absolute Gasteiger partial charge is 0.322 e. The molecule has 0 radical (unpaired) electrons. The van der Waals surface area contributed by atoms with E-state index >= 15 is 0 Å². The van der Waals surface area contributed by atoms with Crippen molar-refractivity contribution in [3.05, 3.63) is 101 Å². The van der Waals surface area contributed by atoms with Crippen molar-refractivity contribution < 1.29 is 31.1 Å². The Morgan fingerprint density at radius 2 is 1.14 bits per heavy atom. The van der Waals surface area contributed by atoms with Crippen LogP contribution in [0.15, 0.2) is 78.9 Å². The number of urea groups is 1. The number of benzene rings is 3. The van der Waals surface area contributed by atoms with Gasteiger partial charge in [0.2, 0.25) is 0 Å². The monoisotopic (exact) mass is 507 g/mol. The number of nitrogens with zero attached hydrogens (tertiary/aromatic N) is 2. The van der Waals surface area contributed by atoms with Gasteiger partial charge in [-0.05, 0) is 29.3 Å². The van der Waals surface area contributed by atoms with E-state index in [9.17, 15) is 31.1 Å². The fourth-order valence-electron chi connectivity index (χ4n) is 4.30. The molecule has 0 bridgehead atoms. The molecule has 190 valence electrons. The molecule has 2 amide bonds. The number of nitrogens with one attached hydrogen (secondary N) is 1. The summed E-state index contributed by atoms with van der Waals surface area (Å²) in [6.45, 7) is 1.46. The summed E-state index contributed by atoms with van der Waals surface area (Å²) in [6, 6.07) is 19.9. The molecule has 1 heterocycles. The Kier molecular flexibility index (Phi) is 7.26. The first kappa shape index (κ1) is 25.6. The number of rotatable bonds is 4. The van der Waals surface area contributed by atoms with Gasteiger partial charge in [-0.15, -0.1) is 0 Å². The number of carbonyl (C=O) groups excluding carboxylic acids is 1. The van der Waals surface area contributed by atoms with Crippen LogP contribution in [-0.4, -0.2) is 42.0 Å². The second kappa shape index (κ2) is 10.2. The average molecular weight is 507 g/mol. The van der Waals surface area contributed by atoms with Crippen LogP contribution in [0.2, 0.25) is 0 Å². The van der Waals surface area contributed by atoms with Crippen LogP contribution in [0.3, 0.4) is 0 Å². The van der Waals surface area contributed by atoms with Crippen LogP contribution in [0, 0.1) is 0 Å². The third-order valence-corrected chi connectivity index (χ3v) is 6.04. The van der Waals surface area contributed by atoms with Crippen molar-refractivity contribution in [2.75, 3.05) is 31.5 Å². The maximum Gasteiger partial charge on any atom is 0.416 e. The molecule has 1 fully saturated rings. The van der Waals surface area contributed by atoms with Gasteiger partial charge in [-0.25, -0.2) is 4.79 Å². The zero-order chi connectivity index (χ0) is 25.9. The Balaban J connectivity index is 1.48. The molecule has 1 saturated heterocycles. The lowest BCUT2D eigenvalue weighted by Crippen LogP contribution is -2.51. The van der Waals surface area contributed by atoms with Gasteiger partial charge in [0.25, 0.3) is 0 Å². The molecule has 0 unspecified atom stereocenters. The highest BCUT2D eigenvalue weighted by Crippen LogP contribution is 2.37. The van der Waals surface area contributed by atoms with Gasteiger partial charge in [0, 0.05) is 31.9 Å². The molecular formula is C26H23F6N3O. The Hall–Kier alpha value is -3.53. The summed E-state index contributed by atoms with van der Waals surface area (Å²) >= 11 is 0. The van der Waals surface area contributed by atoms with E-state index in [1.54, 1.807) is 0 Å². The summed E-state index contributed by atoms with van der Waals surface area (Å²) in [7, 11) is 0. The molecule has 36 heavy (non-hydrogen) atoms. The van der Waals surface area contributed by atoms with E-state index in [0.29, 0.717) is 25.2 Å². The van der Waals surface area contributed by atoms with Gasteiger partial charge in [0.05, 0.1) is 17.2 Å². The van der Waals surface area contributed by atoms with Crippen molar-refractivity contribution in [1.82, 2.24) is 9.80 Å². The fourth-order valence-corrected chi connectivity index (χ4v) is 4.30. The van der Waals surface area contributed by atoms with E-state index < -0.39 is 35.2 Å². The van der Waals surface area contributed by atoms with Crippen molar-refractivity contribution in [3.63, 3.8) is 0 Å². The molecule has 10 heteroatoms. The predicted molar refractivity (Wildman–Crippen MR) is 123 cm³/mol. The average Bonchev–Trinajstić information content (AvgIpc) is 2.85. The Bertz CT molecular complexity index is 1100. The molecule has 0 saturated carbocycles. The fraction of sp³-hybridized carbons (Fsp3) is 0.269. The predicted octanol–water partition coefficient (Wildman–Crippen LogP) is 6.66. The zero-order valence-corrected chi connectivity index (χ0v) is 19.0. The van der Waals surface area contributed by atoms with Gasteiger partial charge in [-0.1, -0.05) is 60.7 Å². The van der Waals surface area contributed by atoms with Crippen molar-refractivity contribution in [1.29, 1.82) is 0 Å². The van der Waals surface area contributed by atoms with Crippen LogP contribution in [0.5, 0.6) is 0 Å². The van der Waals surface area contributed by atoms with Gasteiger partial charge < -0.3 is 10.2 Å². The van der Waals surface area contributed by atoms with E-state index in [1.165, 1.54) is 4.90 Å². The van der Waals surface area contributed by atoms with Crippen LogP contribution in [0.1, 0.15) is 28.3 Å². The lowest BCUT2D eigenvalue weighted by atomic mass is 9.96. The molecule has 4 nitrogen and oxygen atoms in total. The van der Waals surface area contributed by atoms with Crippen LogP contribution >= 0.6 is 0 Å². The van der Waals surface area contributed by atoms with E-state index in [1.807, 2.05) is 60.7 Å². The first-order valence-corrected chi connectivity index (χ1v) is 11.2. The summed E-state index contributed by atoms with van der Waals surface area (Å²) in [6.07, 6.45) is -9.98. The van der Waals surface area contributed by atoms with Crippen molar-refractivity contribution in [2.24, 2.45) is 0 Å². The van der Waals surface area contributed by atoms with E-state index in [-0.39, 0.29) is 25.2 Å². The number of anilines is 1. The minimum absolute atomic E-state index is 0.0295. The molecule has 1 N–H and O–H groups in total. The Morgan fingerprint density at radius 1 is 0.694 bits per heavy atom. The topological polar surface area (TPSA) is 35.6 Å². The molecule has 4 rings (SSSR count). The summed E-state index contributed by atoms with van der Waals surface area (Å²) in [4.78, 5) is 16.3. The molecule has 0 aliphatic carbocycles. The number of alkyl halides is 6. The highest BCUT2D eigenvalue weighted by Gasteiger charge is 2.37. The zero-order valence-electron chi connectivity index (χ0n) is 19.0. The number of hydrogen-bond donors (Lipinski definition) is 1. The highest BCUT2D eigenvalue weighted by molar-refractivity contribution is 5.89. The van der Waals surface area contributed by atoms with Gasteiger partial charge in [-0.3, -0.25) is 4.90 Å². The standard InChI is InChI=1S/C26H23F6N3O/c27-25(28,29)20-15-21(26(30,31)32)17-22(16-20)33-24(36)35-13-11-34(12-14-35)23(18-7-3-1-4-8-18)19-9-5-2-6-10-19/h1-10,15-17,23H,11-14H2,(H,33,36). The molecule has 0 atom stereocenters. The lowest BCUT2D eigenvalue weighted by Gasteiger charge is -2.39. The van der Waals surface area contributed by atoms with Gasteiger partial charge in [0.1, 0.15) is 0 Å². The molecule has 0 aromatic heterocycles. The SMILES string of the molecule is O=C(Nc1cc(C(F)(F)F)cc(C(F)(F)F)c1)N1CCN(C(c2ccccc2)c2ccccc2)CC1. The second-order valence-corrected chi connectivity index (χ2v) is 8.47. The molecule has 0 spiro atoms. The van der Waals surface area contributed by atoms with Crippen molar-refractivity contribution >= 4 is 11.7 Å². The minimum atomic E-state index is -4.99. The quantitative estimate of drug-likeness (QED) is 0.401. The second-order valence-electron chi connectivity index (χ2n) is 8.47. The summed E-state index contributed by atoms with van der Waals surface area (Å²) in [5.41, 5.74) is -1.37. The number of carbonyl (C=O) groups is 1. The van der Waals surface area contributed by atoms with Crippen LogP contribution in [0.25, 0.3) is 0 Å². The summed E-state index contributed by atoms with van der Waals surface area (Å²) in [5, 5.41) is 2.21. The molecule has 3 aromatic rings. The third-order valence-electron chi connectivity index (χ3n) is 6.04. The van der Waals surface area contributed by atoms with Gasteiger partial charge >= 0.3 is 18.4 Å². The summed E-state index contributed by atoms with van der Waals surface area (Å²) < 4.78 is 78.8. The van der Waals surface area contributed by atoms with Gasteiger partial charge in [0.15, 0.2) is 0 Å². The minimum Gasteiger partial charge on any atom is -0.322 e. The Labute approximate surface area is 204 Å². The van der Waals surface area contributed by atoms with E-state index in [4.69, 9.17) is 0 Å². The van der Waals surface area contributed by atoms with Crippen molar-refractivity contribution in [2.45, 2.75) is 18.4 Å². The lowest BCUT2D eigenvalue weighted by molar-refractivity contribution is -0.143. The molecule has 3 aromatic carbocycles. The maximum atomic E-state index is 13.1. The molecule has 1 aliphatic heterocycles. The van der Waals surface area contributed by atoms with E-state index in [2.05, 4.69) is 10.2 Å². The van der Waals surface area contributed by atoms with E-state index in [0.717, 1.165) is 11.1 Å². The molecule has 1 aliphatic rings. The number of piperazine rings is 1. The molecular weight excluding hydrogens is 484 g/mol. The first-order valence-electron chi connectivity index (χ1n) is 11.2. The van der Waals surface area contributed by atoms with Crippen LogP contribution < -0.4 is 5.32 Å². The van der Waals surface area contributed by atoms with Gasteiger partial charge in [-0.2, -0.15) is 26.3 Å². The summed E-state index contributed by atoms with van der Waals surface area (Å²) in [5.74, 6) is 0. The Morgan fingerprint density at radius 3 is 1.56 bits per heavy atom. The third kappa shape index (κ3) is 5.99. The van der Waals surface area contributed by atoms with Crippen LogP contribution in [-0.2, 0) is 12.4 Å². The number of hydrogen-bond acceptors (Lipinski definition) is 2. The first-order chi connectivity index (χ1) is 17.0. The van der Waals surface area contributed by atoms with Crippen molar-refractivity contribution in [3.8, 4) is 0 Å². The normalized spacial score (nSPS) is 15.2. The largest absolute Gasteiger partial charge is 0.416 e. The van der Waals surface area contributed by atoms with Crippen LogP contribution in [0.4, 0.5) is 36.8 Å². The highest BCUT2D eigenvalue weighted by atomic mass is 19.4. The number of halogens is 6.